The van der Waals surface area contributed by atoms with Crippen LogP contribution in [0.4, 0.5) is 4.39 Å². The number of hydrogen-bond acceptors (Lipinski definition) is 2. The lowest BCUT2D eigenvalue weighted by atomic mass is 9.87. The number of hydrogen-bond donors (Lipinski definition) is 1. The van der Waals surface area contributed by atoms with Gasteiger partial charge in [0.2, 0.25) is 0 Å². The lowest BCUT2D eigenvalue weighted by Crippen LogP contribution is -2.29. The zero-order chi connectivity index (χ0) is 16.3. The van der Waals surface area contributed by atoms with Crippen LogP contribution in [0.5, 0.6) is 0 Å². The summed E-state index contributed by atoms with van der Waals surface area (Å²) in [5.74, 6) is 0.520. The summed E-state index contributed by atoms with van der Waals surface area (Å²) >= 11 is 0. The van der Waals surface area contributed by atoms with E-state index in [9.17, 15) is 4.39 Å². The molecule has 1 aliphatic rings. The molecule has 0 amide bonds. The van der Waals surface area contributed by atoms with Gasteiger partial charge in [0.15, 0.2) is 0 Å². The lowest BCUT2D eigenvalue weighted by molar-refractivity contribution is 0.227. The maximum Gasteiger partial charge on any atom is 0.111 e. The number of rotatable bonds is 6. The summed E-state index contributed by atoms with van der Waals surface area (Å²) in [5, 5.41) is 2.99. The Morgan fingerprint density at radius 1 is 1.52 bits per heavy atom. The van der Waals surface area contributed by atoms with Crippen molar-refractivity contribution in [1.29, 1.82) is 0 Å². The van der Waals surface area contributed by atoms with Crippen molar-refractivity contribution < 1.29 is 4.39 Å². The van der Waals surface area contributed by atoms with Gasteiger partial charge in [-0.15, -0.1) is 0 Å². The van der Waals surface area contributed by atoms with E-state index in [1.807, 2.05) is 0 Å². The van der Waals surface area contributed by atoms with Crippen molar-refractivity contribution >= 4 is 5.71 Å². The molecule has 0 spiro atoms. The number of halogens is 1. The minimum atomic E-state index is -1.30. The van der Waals surface area contributed by atoms with Gasteiger partial charge in [0.25, 0.3) is 0 Å². The quantitative estimate of drug-likeness (QED) is 0.711. The summed E-state index contributed by atoms with van der Waals surface area (Å²) in [6.45, 7) is 13.5. The van der Waals surface area contributed by atoms with Gasteiger partial charge in [0.1, 0.15) is 5.67 Å². The molecule has 0 aromatic carbocycles. The molecule has 1 atom stereocenters. The fraction of sp³-hybridized carbons (Fsp3) is 0.611. The van der Waals surface area contributed by atoms with E-state index in [-0.39, 0.29) is 12.0 Å². The smallest absolute Gasteiger partial charge is 0.111 e. The summed E-state index contributed by atoms with van der Waals surface area (Å²) in [5.41, 5.74) is 1.11. The van der Waals surface area contributed by atoms with Crippen LogP contribution >= 0.6 is 0 Å². The van der Waals surface area contributed by atoms with E-state index in [0.29, 0.717) is 17.3 Å². The zero-order valence-electron chi connectivity index (χ0n) is 14.3. The van der Waals surface area contributed by atoms with Crippen molar-refractivity contribution in [3.63, 3.8) is 0 Å². The predicted octanol–water partition coefficient (Wildman–Crippen LogP) is 4.60. The van der Waals surface area contributed by atoms with Crippen LogP contribution in [0.25, 0.3) is 0 Å². The average Bonchev–Trinajstić information content (AvgIpc) is 2.35. The highest BCUT2D eigenvalue weighted by atomic mass is 19.1. The highest BCUT2D eigenvalue weighted by molar-refractivity contribution is 6.00. The molecule has 1 rings (SSSR count). The van der Waals surface area contributed by atoms with Crippen molar-refractivity contribution in [1.82, 2.24) is 5.32 Å². The molecule has 0 fully saturated rings. The van der Waals surface area contributed by atoms with Crippen LogP contribution in [0.1, 0.15) is 47.5 Å². The maximum atomic E-state index is 14.0. The summed E-state index contributed by atoms with van der Waals surface area (Å²) in [6, 6.07) is 0. The van der Waals surface area contributed by atoms with Crippen molar-refractivity contribution in [3.8, 4) is 0 Å². The van der Waals surface area contributed by atoms with Crippen LogP contribution in [-0.4, -0.2) is 24.0 Å². The Balaban J connectivity index is 3.01. The van der Waals surface area contributed by atoms with E-state index >= 15 is 0 Å². The van der Waals surface area contributed by atoms with Crippen molar-refractivity contribution in [3.05, 3.63) is 36.1 Å². The van der Waals surface area contributed by atoms with Crippen LogP contribution < -0.4 is 5.32 Å². The molecule has 1 aliphatic carbocycles. The van der Waals surface area contributed by atoms with Gasteiger partial charge in [-0.25, -0.2) is 4.39 Å². The van der Waals surface area contributed by atoms with Gasteiger partial charge in [0, 0.05) is 19.2 Å². The fourth-order valence-electron chi connectivity index (χ4n) is 2.31. The number of nitrogens with zero attached hydrogens (tertiary/aromatic N) is 1. The Kier molecular flexibility index (Phi) is 5.54. The molecule has 0 heterocycles. The third-order valence-electron chi connectivity index (χ3n) is 3.68. The minimum Gasteiger partial charge on any atom is -0.387 e. The standard InChI is InChI=1S/C18H29FN2/c1-13(2)15-8-10-18(6,11-9-15)21-16(14(3)20-7)12-17(4,5)19/h8-10,13,20H,3,11-12H2,1-2,4-7H3/b21-16-. The molecular weight excluding hydrogens is 263 g/mol. The molecule has 21 heavy (non-hydrogen) atoms. The van der Waals surface area contributed by atoms with Crippen molar-refractivity contribution in [2.24, 2.45) is 10.9 Å². The van der Waals surface area contributed by atoms with Crippen LogP contribution in [0, 0.1) is 5.92 Å². The highest BCUT2D eigenvalue weighted by Gasteiger charge is 2.26. The monoisotopic (exact) mass is 292 g/mol. The minimum absolute atomic E-state index is 0.261. The van der Waals surface area contributed by atoms with E-state index in [1.165, 1.54) is 5.57 Å². The molecule has 0 aromatic heterocycles. The maximum absolute atomic E-state index is 14.0. The van der Waals surface area contributed by atoms with Gasteiger partial charge >= 0.3 is 0 Å². The first-order chi connectivity index (χ1) is 9.56. The Morgan fingerprint density at radius 3 is 2.52 bits per heavy atom. The third kappa shape index (κ3) is 5.49. The molecule has 0 aliphatic heterocycles. The average molecular weight is 292 g/mol. The van der Waals surface area contributed by atoms with Crippen LogP contribution in [0.3, 0.4) is 0 Å². The second kappa shape index (κ2) is 6.59. The molecule has 0 bridgehead atoms. The molecule has 2 nitrogen and oxygen atoms in total. The van der Waals surface area contributed by atoms with Crippen LogP contribution in [0.15, 0.2) is 41.1 Å². The fourth-order valence-corrected chi connectivity index (χ4v) is 2.31. The predicted molar refractivity (Wildman–Crippen MR) is 90.5 cm³/mol. The molecule has 0 saturated heterocycles. The molecule has 0 radical (unpaired) electrons. The molecule has 3 heteroatoms. The summed E-state index contributed by atoms with van der Waals surface area (Å²) in [6.07, 6.45) is 7.59. The van der Waals surface area contributed by atoms with Gasteiger partial charge in [0.05, 0.1) is 11.3 Å². The SMILES string of the molecule is C=C(NC)/C(CC(C)(C)F)=N\C1(C)C=CC(C(C)C)=CC1. The van der Waals surface area contributed by atoms with E-state index in [1.54, 1.807) is 20.9 Å². The highest BCUT2D eigenvalue weighted by Crippen LogP contribution is 2.29. The van der Waals surface area contributed by atoms with Gasteiger partial charge < -0.3 is 5.32 Å². The van der Waals surface area contributed by atoms with E-state index in [0.717, 1.165) is 6.42 Å². The normalized spacial score (nSPS) is 23.2. The van der Waals surface area contributed by atoms with E-state index in [4.69, 9.17) is 4.99 Å². The van der Waals surface area contributed by atoms with E-state index < -0.39 is 5.67 Å². The van der Waals surface area contributed by atoms with Gasteiger partial charge in [-0.2, -0.15) is 0 Å². The molecule has 0 saturated carbocycles. The topological polar surface area (TPSA) is 24.4 Å². The first-order valence-electron chi connectivity index (χ1n) is 7.60. The Labute approximate surface area is 128 Å². The molecule has 118 valence electrons. The largest absolute Gasteiger partial charge is 0.387 e. The third-order valence-corrected chi connectivity index (χ3v) is 3.68. The Hall–Kier alpha value is -1.38. The zero-order valence-corrected chi connectivity index (χ0v) is 14.3. The van der Waals surface area contributed by atoms with Gasteiger partial charge in [-0.05, 0) is 38.7 Å². The summed E-state index contributed by atoms with van der Waals surface area (Å²) < 4.78 is 14.0. The van der Waals surface area contributed by atoms with Crippen LogP contribution in [0.2, 0.25) is 0 Å². The number of alkyl halides is 1. The number of nitrogens with one attached hydrogen (secondary N) is 1. The van der Waals surface area contributed by atoms with Crippen LogP contribution in [-0.2, 0) is 0 Å². The number of aliphatic imine (C=N–C) groups is 1. The first kappa shape index (κ1) is 17.7. The Bertz CT molecular complexity index is 478. The summed E-state index contributed by atoms with van der Waals surface area (Å²) in [4.78, 5) is 4.80. The van der Waals surface area contributed by atoms with Gasteiger partial charge in [-0.3, -0.25) is 4.99 Å². The van der Waals surface area contributed by atoms with E-state index in [2.05, 4.69) is 50.9 Å². The van der Waals surface area contributed by atoms with Crippen molar-refractivity contribution in [2.75, 3.05) is 7.05 Å². The first-order valence-corrected chi connectivity index (χ1v) is 7.60. The molecular formula is C18H29FN2. The second-order valence-electron chi connectivity index (χ2n) is 6.94. The molecule has 1 N–H and O–H groups in total. The Morgan fingerprint density at radius 2 is 2.14 bits per heavy atom. The summed E-state index contributed by atoms with van der Waals surface area (Å²) in [7, 11) is 1.79. The molecule has 0 aromatic rings. The van der Waals surface area contributed by atoms with Crippen molar-refractivity contribution in [2.45, 2.75) is 58.7 Å². The second-order valence-corrected chi connectivity index (χ2v) is 6.94. The lowest BCUT2D eigenvalue weighted by Gasteiger charge is -2.28. The number of allylic oxidation sites excluding steroid dienone is 3. The molecule has 1 unspecified atom stereocenters. The van der Waals surface area contributed by atoms with Gasteiger partial charge in [-0.1, -0.05) is 38.7 Å².